The molecule has 3 heteroatoms. The van der Waals surface area contributed by atoms with Gasteiger partial charge >= 0.3 is 5.97 Å². The minimum atomic E-state index is -0.370. The van der Waals surface area contributed by atoms with E-state index in [1.165, 1.54) is 25.7 Å². The van der Waals surface area contributed by atoms with Gasteiger partial charge in [-0.3, -0.25) is 9.69 Å². The van der Waals surface area contributed by atoms with Crippen molar-refractivity contribution in [3.8, 4) is 0 Å². The van der Waals surface area contributed by atoms with Crippen LogP contribution in [0.4, 0.5) is 0 Å². The summed E-state index contributed by atoms with van der Waals surface area (Å²) in [4.78, 5) is 14.8. The molecule has 0 spiro atoms. The minimum absolute atomic E-state index is 0.00882. The molecule has 2 fully saturated rings. The van der Waals surface area contributed by atoms with Crippen molar-refractivity contribution in [1.29, 1.82) is 0 Å². The summed E-state index contributed by atoms with van der Waals surface area (Å²) in [5.74, 6) is 0.793. The monoisotopic (exact) mass is 267 g/mol. The van der Waals surface area contributed by atoms with Crippen LogP contribution in [0.1, 0.15) is 66.2 Å². The van der Waals surface area contributed by atoms with Crippen molar-refractivity contribution in [2.75, 3.05) is 6.54 Å². The van der Waals surface area contributed by atoms with Crippen LogP contribution in [0, 0.1) is 5.92 Å². The highest BCUT2D eigenvalue weighted by Gasteiger charge is 2.38. The van der Waals surface area contributed by atoms with E-state index in [0.29, 0.717) is 6.04 Å². The highest BCUT2D eigenvalue weighted by Crippen LogP contribution is 2.32. The fourth-order valence-corrected chi connectivity index (χ4v) is 3.55. The number of hydrogen-bond donors (Lipinski definition) is 0. The quantitative estimate of drug-likeness (QED) is 0.718. The average molecular weight is 267 g/mol. The Labute approximate surface area is 117 Å². The van der Waals surface area contributed by atoms with Crippen molar-refractivity contribution in [2.24, 2.45) is 5.92 Å². The number of ether oxygens (including phenoxy) is 1. The Kier molecular flexibility index (Phi) is 4.54. The Morgan fingerprint density at radius 3 is 2.53 bits per heavy atom. The number of carbonyl (C=O) groups excluding carboxylic acids is 1. The van der Waals surface area contributed by atoms with E-state index in [-0.39, 0.29) is 17.6 Å². The molecule has 1 saturated carbocycles. The van der Waals surface area contributed by atoms with Crippen molar-refractivity contribution in [3.05, 3.63) is 0 Å². The molecule has 110 valence electrons. The summed E-state index contributed by atoms with van der Waals surface area (Å²) < 4.78 is 5.59. The summed E-state index contributed by atoms with van der Waals surface area (Å²) in [5.41, 5.74) is -0.370. The van der Waals surface area contributed by atoms with Crippen LogP contribution in [-0.4, -0.2) is 35.1 Å². The molecule has 1 aliphatic carbocycles. The first-order valence-electron chi connectivity index (χ1n) is 7.85. The maximum Gasteiger partial charge on any atom is 0.323 e. The van der Waals surface area contributed by atoms with Crippen molar-refractivity contribution >= 4 is 5.97 Å². The van der Waals surface area contributed by atoms with Crippen LogP contribution in [0.3, 0.4) is 0 Å². The Morgan fingerprint density at radius 2 is 1.89 bits per heavy atom. The number of hydrogen-bond acceptors (Lipinski definition) is 3. The molecule has 2 rings (SSSR count). The van der Waals surface area contributed by atoms with Gasteiger partial charge in [-0.05, 0) is 58.9 Å². The zero-order valence-electron chi connectivity index (χ0n) is 12.9. The Balaban J connectivity index is 1.98. The molecule has 2 aliphatic rings. The molecule has 1 heterocycles. The highest BCUT2D eigenvalue weighted by molar-refractivity contribution is 5.76. The predicted molar refractivity (Wildman–Crippen MR) is 77.0 cm³/mol. The van der Waals surface area contributed by atoms with E-state index < -0.39 is 0 Å². The molecule has 3 atom stereocenters. The molecule has 0 N–H and O–H groups in total. The second-order valence-electron chi connectivity index (χ2n) is 7.35. The summed E-state index contributed by atoms with van der Waals surface area (Å²) in [6.07, 6.45) is 7.27. The van der Waals surface area contributed by atoms with Crippen LogP contribution < -0.4 is 0 Å². The summed E-state index contributed by atoms with van der Waals surface area (Å²) in [6, 6.07) is 0.610. The van der Waals surface area contributed by atoms with Gasteiger partial charge in [-0.25, -0.2) is 0 Å². The van der Waals surface area contributed by atoms with Gasteiger partial charge in [0, 0.05) is 6.04 Å². The summed E-state index contributed by atoms with van der Waals surface area (Å²) in [7, 11) is 0. The number of carbonyl (C=O) groups is 1. The maximum atomic E-state index is 12.3. The van der Waals surface area contributed by atoms with Gasteiger partial charge < -0.3 is 4.74 Å². The molecule has 1 saturated heterocycles. The first-order chi connectivity index (χ1) is 8.87. The lowest BCUT2D eigenvalue weighted by atomic mass is 9.86. The summed E-state index contributed by atoms with van der Waals surface area (Å²) in [5, 5.41) is 0. The number of rotatable bonds is 2. The minimum Gasteiger partial charge on any atom is -0.459 e. The smallest absolute Gasteiger partial charge is 0.323 e. The Hall–Kier alpha value is -0.570. The molecule has 19 heavy (non-hydrogen) atoms. The van der Waals surface area contributed by atoms with Gasteiger partial charge in [0.2, 0.25) is 0 Å². The molecule has 1 aliphatic heterocycles. The molecule has 0 radical (unpaired) electrons. The number of likely N-dealkylation sites (tertiary alicyclic amines) is 1. The lowest BCUT2D eigenvalue weighted by Gasteiger charge is -2.37. The summed E-state index contributed by atoms with van der Waals surface area (Å²) in [6.45, 7) is 9.26. The first-order valence-corrected chi connectivity index (χ1v) is 7.85. The lowest BCUT2D eigenvalue weighted by Crippen LogP contribution is -2.47. The number of nitrogens with zero attached hydrogens (tertiary/aromatic N) is 1. The van der Waals surface area contributed by atoms with E-state index in [2.05, 4.69) is 11.8 Å². The van der Waals surface area contributed by atoms with E-state index in [0.717, 1.165) is 25.3 Å². The molecule has 3 nitrogen and oxygen atoms in total. The van der Waals surface area contributed by atoms with Crippen molar-refractivity contribution < 1.29 is 9.53 Å². The van der Waals surface area contributed by atoms with Gasteiger partial charge in [0.15, 0.2) is 0 Å². The van der Waals surface area contributed by atoms with Crippen molar-refractivity contribution in [1.82, 2.24) is 4.90 Å². The molecular weight excluding hydrogens is 238 g/mol. The van der Waals surface area contributed by atoms with Crippen LogP contribution in [0.15, 0.2) is 0 Å². The maximum absolute atomic E-state index is 12.3. The standard InChI is InChI=1S/C16H29NO2/c1-12-7-5-8-13(11-12)17-10-6-9-14(17)15(18)19-16(2,3)4/h12-14H,5-11H2,1-4H3/t12?,13?,14-/m1/s1. The van der Waals surface area contributed by atoms with Crippen LogP contribution >= 0.6 is 0 Å². The summed E-state index contributed by atoms with van der Waals surface area (Å²) >= 11 is 0. The molecule has 0 aromatic heterocycles. The van der Waals surface area contributed by atoms with Crippen LogP contribution in [0.2, 0.25) is 0 Å². The van der Waals surface area contributed by atoms with Gasteiger partial charge in [0.25, 0.3) is 0 Å². The number of esters is 1. The third-order valence-electron chi connectivity index (χ3n) is 4.35. The van der Waals surface area contributed by atoms with Crippen molar-refractivity contribution in [2.45, 2.75) is 83.9 Å². The second-order valence-corrected chi connectivity index (χ2v) is 7.35. The van der Waals surface area contributed by atoms with Crippen LogP contribution in [0.25, 0.3) is 0 Å². The molecule has 0 bridgehead atoms. The SMILES string of the molecule is CC1CCCC(N2CCC[C@@H]2C(=O)OC(C)(C)C)C1. The van der Waals surface area contributed by atoms with Gasteiger partial charge in [-0.2, -0.15) is 0 Å². The van der Waals surface area contributed by atoms with Gasteiger partial charge in [0.1, 0.15) is 11.6 Å². The predicted octanol–water partition coefficient (Wildman–Crippen LogP) is 3.37. The topological polar surface area (TPSA) is 29.5 Å². The molecule has 0 amide bonds. The van der Waals surface area contributed by atoms with E-state index in [9.17, 15) is 4.79 Å². The van der Waals surface area contributed by atoms with E-state index >= 15 is 0 Å². The van der Waals surface area contributed by atoms with Gasteiger partial charge in [-0.1, -0.05) is 19.8 Å². The molecule has 0 aromatic rings. The first kappa shape index (κ1) is 14.8. The third-order valence-corrected chi connectivity index (χ3v) is 4.35. The van der Waals surface area contributed by atoms with E-state index in [4.69, 9.17) is 4.74 Å². The fraction of sp³-hybridized carbons (Fsp3) is 0.938. The third kappa shape index (κ3) is 3.95. The van der Waals surface area contributed by atoms with E-state index in [1.807, 2.05) is 20.8 Å². The van der Waals surface area contributed by atoms with Gasteiger partial charge in [0.05, 0.1) is 0 Å². The Bertz CT molecular complexity index is 321. The normalized spacial score (nSPS) is 33.4. The Morgan fingerprint density at radius 1 is 1.16 bits per heavy atom. The fourth-order valence-electron chi connectivity index (χ4n) is 3.55. The zero-order chi connectivity index (χ0) is 14.0. The molecular formula is C16H29NO2. The molecule has 2 unspecified atom stereocenters. The average Bonchev–Trinajstić information content (AvgIpc) is 2.75. The molecule has 0 aromatic carbocycles. The largest absolute Gasteiger partial charge is 0.459 e. The van der Waals surface area contributed by atoms with E-state index in [1.54, 1.807) is 0 Å². The van der Waals surface area contributed by atoms with Gasteiger partial charge in [-0.15, -0.1) is 0 Å². The van der Waals surface area contributed by atoms with Crippen LogP contribution in [-0.2, 0) is 9.53 Å². The second kappa shape index (κ2) is 5.82. The lowest BCUT2D eigenvalue weighted by molar-refractivity contribution is -0.161. The highest BCUT2D eigenvalue weighted by atomic mass is 16.6. The van der Waals surface area contributed by atoms with Crippen molar-refractivity contribution in [3.63, 3.8) is 0 Å². The zero-order valence-corrected chi connectivity index (χ0v) is 12.9. The van der Waals surface area contributed by atoms with Crippen LogP contribution in [0.5, 0.6) is 0 Å².